The predicted molar refractivity (Wildman–Crippen MR) is 286 cm³/mol. The van der Waals surface area contributed by atoms with Gasteiger partial charge in [0, 0.05) is 62.8 Å². The Kier molecular flexibility index (Phi) is 20.6. The Morgan fingerprint density at radius 1 is 0.608 bits per heavy atom. The summed E-state index contributed by atoms with van der Waals surface area (Å²) in [6, 6.07) is 3.60. The lowest BCUT2D eigenvalue weighted by atomic mass is 10.1. The Hall–Kier alpha value is -7.62. The minimum atomic E-state index is -0.908. The average Bonchev–Trinajstić information content (AvgIpc) is 4.16. The number of carbonyl (C=O) groups excluding carboxylic acids is 4. The Bertz CT molecular complexity index is 2950. The summed E-state index contributed by atoms with van der Waals surface area (Å²) in [4.78, 5) is 81.4. The number of anilines is 2. The number of aliphatic hydroxyl groups is 4. The molecule has 0 fully saturated rings. The zero-order valence-electron chi connectivity index (χ0n) is 43.1. The SMILES string of the molecule is C.COc1cc(F)cc([C@@H](CO)NC(=O)[C@@H](C)N2CCn3cc(-c4nc(N[C@@H](C)CO)ncc4Cl)nc3C2=O)c1.COc1cc(F)cc([C@@H](CO)NC(=O)[C@H](C)N2CCn3cc(-c4nc(N[C@@H](C)CO)ncc4Cl)nc3C2=O)c1. The molecule has 8 rings (SSSR count). The smallest absolute Gasteiger partial charge is 0.290 e. The van der Waals surface area contributed by atoms with Crippen molar-refractivity contribution in [3.8, 4) is 34.3 Å². The first-order chi connectivity index (χ1) is 37.3. The number of nitrogens with one attached hydrogen (secondary N) is 4. The predicted octanol–water partition coefficient (Wildman–Crippen LogP) is 3.89. The lowest BCUT2D eigenvalue weighted by Gasteiger charge is -2.32. The van der Waals surface area contributed by atoms with E-state index in [0.717, 1.165) is 0 Å². The number of rotatable bonds is 20. The molecule has 0 aliphatic carbocycles. The van der Waals surface area contributed by atoms with Crippen LogP contribution in [0.25, 0.3) is 22.8 Å². The van der Waals surface area contributed by atoms with Crippen LogP contribution in [0.4, 0.5) is 20.7 Å². The van der Waals surface area contributed by atoms with Crippen molar-refractivity contribution in [1.29, 1.82) is 0 Å². The summed E-state index contributed by atoms with van der Waals surface area (Å²) >= 11 is 12.6. The third kappa shape index (κ3) is 14.2. The highest BCUT2D eigenvalue weighted by Gasteiger charge is 2.36. The van der Waals surface area contributed by atoms with Gasteiger partial charge in [-0.2, -0.15) is 0 Å². The van der Waals surface area contributed by atoms with Gasteiger partial charge in [0.05, 0.1) is 75.2 Å². The van der Waals surface area contributed by atoms with Gasteiger partial charge in [-0.25, -0.2) is 38.7 Å². The van der Waals surface area contributed by atoms with Gasteiger partial charge in [-0.15, -0.1) is 0 Å². The molecule has 79 heavy (non-hydrogen) atoms. The number of fused-ring (bicyclic) bond motifs is 2. The molecule has 4 amide bonds. The number of nitrogens with zero attached hydrogens (tertiary/aromatic N) is 10. The first-order valence-corrected chi connectivity index (χ1v) is 25.1. The van der Waals surface area contributed by atoms with Gasteiger partial charge in [0.15, 0.2) is 11.6 Å². The van der Waals surface area contributed by atoms with E-state index in [-0.39, 0.29) is 90.9 Å². The third-order valence-corrected chi connectivity index (χ3v) is 13.2. The monoisotopic (exact) mass is 1140 g/mol. The second-order valence-electron chi connectivity index (χ2n) is 18.2. The van der Waals surface area contributed by atoms with Crippen LogP contribution in [0.1, 0.15) is 79.6 Å². The minimum Gasteiger partial charge on any atom is -0.497 e. The zero-order chi connectivity index (χ0) is 56.5. The van der Waals surface area contributed by atoms with E-state index in [0.29, 0.717) is 47.0 Å². The molecular weight excluding hydrogens is 1080 g/mol. The fourth-order valence-electron chi connectivity index (χ4n) is 8.28. The van der Waals surface area contributed by atoms with Crippen LogP contribution < -0.4 is 30.7 Å². The van der Waals surface area contributed by atoms with Crippen LogP contribution >= 0.6 is 23.2 Å². The van der Waals surface area contributed by atoms with E-state index in [2.05, 4.69) is 51.2 Å². The number of methoxy groups -OCH3 is 2. The summed E-state index contributed by atoms with van der Waals surface area (Å²) in [6.45, 7) is 6.63. The number of halogens is 4. The highest BCUT2D eigenvalue weighted by molar-refractivity contribution is 6.33. The van der Waals surface area contributed by atoms with Gasteiger partial charge in [0.2, 0.25) is 23.7 Å². The Balaban J connectivity index is 0.000000252. The first kappa shape index (κ1) is 60.6. The number of amides is 4. The van der Waals surface area contributed by atoms with E-state index < -0.39 is 72.6 Å². The highest BCUT2D eigenvalue weighted by atomic mass is 35.5. The number of benzene rings is 2. The quantitative estimate of drug-likeness (QED) is 0.0538. The van der Waals surface area contributed by atoms with Crippen LogP contribution in [0.15, 0.2) is 61.2 Å². The molecule has 2 aromatic carbocycles. The number of carbonyl (C=O) groups is 4. The van der Waals surface area contributed by atoms with E-state index in [4.69, 9.17) is 32.7 Å². The normalized spacial score (nSPS) is 15.2. The zero-order valence-corrected chi connectivity index (χ0v) is 44.6. The van der Waals surface area contributed by atoms with E-state index >= 15 is 0 Å². The number of hydrogen-bond acceptors (Lipinski definition) is 18. The highest BCUT2D eigenvalue weighted by Crippen LogP contribution is 2.31. The van der Waals surface area contributed by atoms with Crippen molar-refractivity contribution in [2.45, 2.75) is 84.5 Å². The Morgan fingerprint density at radius 3 is 1.33 bits per heavy atom. The van der Waals surface area contributed by atoms with Crippen molar-refractivity contribution in [1.82, 2.24) is 59.5 Å². The van der Waals surface area contributed by atoms with Crippen molar-refractivity contribution in [3.63, 3.8) is 0 Å². The van der Waals surface area contributed by atoms with Crippen molar-refractivity contribution >= 4 is 58.7 Å². The maximum absolute atomic E-state index is 14.0. The molecule has 0 radical (unpaired) electrons. The van der Waals surface area contributed by atoms with Gasteiger partial charge in [0.1, 0.15) is 58.0 Å². The molecule has 0 spiro atoms. The molecule has 4 aromatic heterocycles. The summed E-state index contributed by atoms with van der Waals surface area (Å²) in [5, 5.41) is 50.0. The summed E-state index contributed by atoms with van der Waals surface area (Å²) < 4.78 is 41.4. The molecular formula is C51H62Cl2F2N14O10. The van der Waals surface area contributed by atoms with Crippen molar-refractivity contribution in [2.24, 2.45) is 0 Å². The van der Waals surface area contributed by atoms with Gasteiger partial charge in [-0.05, 0) is 63.1 Å². The topological polar surface area (TPSA) is 309 Å². The Labute approximate surface area is 463 Å². The van der Waals surface area contributed by atoms with E-state index in [9.17, 15) is 48.4 Å². The molecule has 0 saturated heterocycles. The maximum Gasteiger partial charge on any atom is 0.290 e. The molecule has 6 aromatic rings. The van der Waals surface area contributed by atoms with Gasteiger partial charge in [-0.1, -0.05) is 30.6 Å². The summed E-state index contributed by atoms with van der Waals surface area (Å²) in [5.74, 6) is -1.96. The fraction of sp³-hybridized carbons (Fsp3) is 0.412. The van der Waals surface area contributed by atoms with Crippen LogP contribution in [0.3, 0.4) is 0 Å². The number of aromatic nitrogens is 8. The number of ether oxygens (including phenoxy) is 2. The summed E-state index contributed by atoms with van der Waals surface area (Å²) in [5.41, 5.74) is 1.97. The molecule has 28 heteroatoms. The minimum absolute atomic E-state index is 0. The molecule has 6 atom stereocenters. The van der Waals surface area contributed by atoms with Crippen molar-refractivity contribution < 1.29 is 57.9 Å². The molecule has 2 aliphatic heterocycles. The van der Waals surface area contributed by atoms with Crippen LogP contribution in [0.2, 0.25) is 10.0 Å². The van der Waals surface area contributed by atoms with E-state index in [1.807, 2.05) is 0 Å². The van der Waals surface area contributed by atoms with Gasteiger partial charge >= 0.3 is 0 Å². The molecule has 2 aliphatic rings. The van der Waals surface area contributed by atoms with E-state index in [1.165, 1.54) is 72.8 Å². The lowest BCUT2D eigenvalue weighted by molar-refractivity contribution is -0.127. The largest absolute Gasteiger partial charge is 0.497 e. The third-order valence-electron chi connectivity index (χ3n) is 12.6. The Morgan fingerprint density at radius 2 is 0.987 bits per heavy atom. The number of aliphatic hydroxyl groups excluding tert-OH is 4. The standard InChI is InChI=1S/2C25H29ClFN7O5.CH4/c2*1-13(11-35)29-25-28-9-18(26)21(32-25)19-10-33-4-5-34(24(38)22(33)30-19)14(2)23(37)31-20(12-36)15-6-16(27)8-17(7-15)39-3;/h2*6-10,13-14,20,35-36H,4-5,11-12H2,1-3H3,(H,31,37)(H,28,29,32);1H4/t13-,14+,20+;13-,14-,20+;/m00./s1. The molecule has 0 bridgehead atoms. The fourth-order valence-corrected chi connectivity index (χ4v) is 8.66. The average molecular weight is 1140 g/mol. The van der Waals surface area contributed by atoms with Crippen LogP contribution in [-0.4, -0.2) is 171 Å². The second-order valence-corrected chi connectivity index (χ2v) is 19.0. The van der Waals surface area contributed by atoms with Gasteiger partial charge in [0.25, 0.3) is 11.8 Å². The summed E-state index contributed by atoms with van der Waals surface area (Å²) in [6.07, 6.45) is 6.12. The van der Waals surface area contributed by atoms with Gasteiger partial charge in [-0.3, -0.25) is 19.2 Å². The molecule has 6 heterocycles. The molecule has 0 unspecified atom stereocenters. The lowest BCUT2D eigenvalue weighted by Crippen LogP contribution is -2.52. The second kappa shape index (κ2) is 26.8. The molecule has 0 saturated carbocycles. The van der Waals surface area contributed by atoms with E-state index in [1.54, 1.807) is 49.2 Å². The molecule has 424 valence electrons. The van der Waals surface area contributed by atoms with Crippen LogP contribution in [-0.2, 0) is 22.7 Å². The van der Waals surface area contributed by atoms with Crippen molar-refractivity contribution in [2.75, 3.05) is 64.4 Å². The number of hydrogen-bond donors (Lipinski definition) is 8. The maximum atomic E-state index is 14.0. The first-order valence-electron chi connectivity index (χ1n) is 24.4. The van der Waals surface area contributed by atoms with Gasteiger partial charge < -0.3 is 70.1 Å². The number of imidazole rings is 2. The van der Waals surface area contributed by atoms with Crippen LogP contribution in [0, 0.1) is 11.6 Å². The van der Waals surface area contributed by atoms with Crippen molar-refractivity contribution in [3.05, 3.63) is 106 Å². The molecule has 8 N–H and O–H groups in total. The van der Waals surface area contributed by atoms with Crippen LogP contribution in [0.5, 0.6) is 11.5 Å². The summed E-state index contributed by atoms with van der Waals surface area (Å²) in [7, 11) is 2.77. The molecule has 24 nitrogen and oxygen atoms in total.